The van der Waals surface area contributed by atoms with Crippen LogP contribution in [0.1, 0.15) is 45.7 Å². The van der Waals surface area contributed by atoms with E-state index in [-0.39, 0.29) is 0 Å². The molecule has 3 unspecified atom stereocenters. The van der Waals surface area contributed by atoms with Crippen molar-refractivity contribution in [2.45, 2.75) is 58.7 Å². The summed E-state index contributed by atoms with van der Waals surface area (Å²) in [6.07, 6.45) is 3.88. The van der Waals surface area contributed by atoms with Gasteiger partial charge in [-0.05, 0) is 50.2 Å². The summed E-state index contributed by atoms with van der Waals surface area (Å²) in [4.78, 5) is 7.30. The molecule has 0 bridgehead atoms. The molecule has 0 spiro atoms. The molecule has 4 heteroatoms. The molecule has 21 heavy (non-hydrogen) atoms. The van der Waals surface area contributed by atoms with Gasteiger partial charge in [0, 0.05) is 25.2 Å². The van der Waals surface area contributed by atoms with Gasteiger partial charge in [-0.1, -0.05) is 25.4 Å². The average Bonchev–Trinajstić information content (AvgIpc) is 3.26. The van der Waals surface area contributed by atoms with Crippen molar-refractivity contribution >= 4 is 17.4 Å². The molecule has 1 saturated heterocycles. The lowest BCUT2D eigenvalue weighted by Crippen LogP contribution is -2.46. The second-order valence-corrected chi connectivity index (χ2v) is 7.37. The summed E-state index contributed by atoms with van der Waals surface area (Å²) in [5.74, 6) is 2.51. The van der Waals surface area contributed by atoms with E-state index in [1.807, 2.05) is 6.07 Å². The smallest absolute Gasteiger partial charge is 0.129 e. The molecule has 2 fully saturated rings. The Labute approximate surface area is 133 Å². The molecule has 1 saturated carbocycles. The van der Waals surface area contributed by atoms with Crippen LogP contribution in [0.4, 0.5) is 5.82 Å². The molecule has 1 aliphatic carbocycles. The zero-order valence-corrected chi connectivity index (χ0v) is 14.0. The molecule has 1 N–H and O–H groups in total. The minimum Gasteiger partial charge on any atom is -0.353 e. The highest BCUT2D eigenvalue weighted by atomic mass is 35.5. The van der Waals surface area contributed by atoms with E-state index in [1.165, 1.54) is 19.3 Å². The third-order valence-corrected chi connectivity index (χ3v) is 5.28. The summed E-state index contributed by atoms with van der Waals surface area (Å²) in [6, 6.07) is 5.30. The van der Waals surface area contributed by atoms with Crippen LogP contribution < -0.4 is 10.2 Å². The minimum absolute atomic E-state index is 0.541. The molecule has 2 aliphatic rings. The molecular weight excluding hydrogens is 282 g/mol. The summed E-state index contributed by atoms with van der Waals surface area (Å²) >= 11 is 6.31. The molecule has 0 amide bonds. The largest absolute Gasteiger partial charge is 0.353 e. The Morgan fingerprint density at radius 2 is 2.05 bits per heavy atom. The first-order valence-electron chi connectivity index (χ1n) is 8.20. The van der Waals surface area contributed by atoms with Gasteiger partial charge >= 0.3 is 0 Å². The highest BCUT2D eigenvalue weighted by Crippen LogP contribution is 2.31. The fourth-order valence-electron chi connectivity index (χ4n) is 3.30. The van der Waals surface area contributed by atoms with Crippen molar-refractivity contribution in [2.75, 3.05) is 11.4 Å². The van der Waals surface area contributed by atoms with Crippen LogP contribution in [0.2, 0.25) is 5.02 Å². The van der Waals surface area contributed by atoms with Crippen LogP contribution in [-0.4, -0.2) is 23.6 Å². The molecule has 1 aliphatic heterocycles. The van der Waals surface area contributed by atoms with Crippen molar-refractivity contribution < 1.29 is 0 Å². The zero-order valence-electron chi connectivity index (χ0n) is 13.3. The number of piperidine rings is 1. The number of hydrogen-bond donors (Lipinski definition) is 1. The van der Waals surface area contributed by atoms with Crippen LogP contribution in [-0.2, 0) is 6.54 Å². The monoisotopic (exact) mass is 307 g/mol. The zero-order chi connectivity index (χ0) is 15.0. The Kier molecular flexibility index (Phi) is 4.41. The predicted molar refractivity (Wildman–Crippen MR) is 88.9 cm³/mol. The number of rotatable bonds is 4. The van der Waals surface area contributed by atoms with Gasteiger partial charge in [-0.3, -0.25) is 0 Å². The number of nitrogens with one attached hydrogen (secondary N) is 1. The maximum Gasteiger partial charge on any atom is 0.129 e. The fourth-order valence-corrected chi connectivity index (χ4v) is 3.47. The van der Waals surface area contributed by atoms with Crippen molar-refractivity contribution in [1.29, 1.82) is 0 Å². The maximum absolute atomic E-state index is 6.31. The summed E-state index contributed by atoms with van der Waals surface area (Å²) in [6.45, 7) is 8.87. The van der Waals surface area contributed by atoms with Crippen molar-refractivity contribution in [3.05, 3.63) is 22.8 Å². The lowest BCUT2D eigenvalue weighted by atomic mass is 9.86. The van der Waals surface area contributed by atoms with E-state index in [0.29, 0.717) is 18.0 Å². The SMILES string of the molecule is CC1CC(C)C(C)N(c2ccc(Cl)c(CNC3CC3)n2)C1. The number of halogens is 1. The van der Waals surface area contributed by atoms with Crippen molar-refractivity contribution in [3.63, 3.8) is 0 Å². The molecule has 116 valence electrons. The van der Waals surface area contributed by atoms with E-state index >= 15 is 0 Å². The quantitative estimate of drug-likeness (QED) is 0.915. The van der Waals surface area contributed by atoms with E-state index in [4.69, 9.17) is 16.6 Å². The van der Waals surface area contributed by atoms with Gasteiger partial charge in [-0.25, -0.2) is 4.98 Å². The van der Waals surface area contributed by atoms with Crippen LogP contribution in [0.5, 0.6) is 0 Å². The van der Waals surface area contributed by atoms with Gasteiger partial charge in [0.05, 0.1) is 10.7 Å². The molecule has 3 rings (SSSR count). The Balaban J connectivity index is 1.78. The standard InChI is InChI=1S/C17H26ClN3/c1-11-8-12(2)13(3)21(10-11)17-7-6-15(18)16(20-17)9-19-14-4-5-14/h6-7,11-14,19H,4-5,8-10H2,1-3H3. The van der Waals surface area contributed by atoms with Gasteiger partial charge < -0.3 is 10.2 Å². The molecule has 2 heterocycles. The number of pyridine rings is 1. The number of nitrogens with zero attached hydrogens (tertiary/aromatic N) is 2. The highest BCUT2D eigenvalue weighted by molar-refractivity contribution is 6.31. The molecule has 1 aromatic rings. The summed E-state index contributed by atoms with van der Waals surface area (Å²) < 4.78 is 0. The lowest BCUT2D eigenvalue weighted by molar-refractivity contribution is 0.295. The Morgan fingerprint density at radius 3 is 2.76 bits per heavy atom. The number of aromatic nitrogens is 1. The van der Waals surface area contributed by atoms with Crippen LogP contribution in [0.25, 0.3) is 0 Å². The van der Waals surface area contributed by atoms with Gasteiger partial charge in [0.15, 0.2) is 0 Å². The molecule has 0 aromatic carbocycles. The number of anilines is 1. The normalized spacial score (nSPS) is 29.7. The summed E-state index contributed by atoms with van der Waals surface area (Å²) in [7, 11) is 0. The average molecular weight is 308 g/mol. The number of hydrogen-bond acceptors (Lipinski definition) is 3. The van der Waals surface area contributed by atoms with Gasteiger partial charge in [-0.15, -0.1) is 0 Å². The topological polar surface area (TPSA) is 28.2 Å². The molecule has 1 aromatic heterocycles. The Morgan fingerprint density at radius 1 is 1.29 bits per heavy atom. The first kappa shape index (κ1) is 15.1. The van der Waals surface area contributed by atoms with Crippen molar-refractivity contribution in [2.24, 2.45) is 11.8 Å². The highest BCUT2D eigenvalue weighted by Gasteiger charge is 2.30. The van der Waals surface area contributed by atoms with Gasteiger partial charge in [0.1, 0.15) is 5.82 Å². The van der Waals surface area contributed by atoms with E-state index in [1.54, 1.807) is 0 Å². The first-order valence-corrected chi connectivity index (χ1v) is 8.58. The van der Waals surface area contributed by atoms with Gasteiger partial charge in [-0.2, -0.15) is 0 Å². The van der Waals surface area contributed by atoms with Gasteiger partial charge in [0.2, 0.25) is 0 Å². The third kappa shape index (κ3) is 3.51. The van der Waals surface area contributed by atoms with Crippen molar-refractivity contribution in [1.82, 2.24) is 10.3 Å². The van der Waals surface area contributed by atoms with Crippen LogP contribution in [0, 0.1) is 11.8 Å². The first-order chi connectivity index (χ1) is 10.0. The summed E-state index contributed by atoms with van der Waals surface area (Å²) in [5.41, 5.74) is 0.985. The predicted octanol–water partition coefficient (Wildman–Crippen LogP) is 3.86. The van der Waals surface area contributed by atoms with E-state index in [9.17, 15) is 0 Å². The minimum atomic E-state index is 0.541. The molecular formula is C17H26ClN3. The molecule has 3 atom stereocenters. The third-order valence-electron chi connectivity index (χ3n) is 4.93. The van der Waals surface area contributed by atoms with Crippen LogP contribution in [0.15, 0.2) is 12.1 Å². The van der Waals surface area contributed by atoms with E-state index in [0.717, 1.165) is 35.5 Å². The van der Waals surface area contributed by atoms with E-state index < -0.39 is 0 Å². The van der Waals surface area contributed by atoms with Crippen LogP contribution >= 0.6 is 11.6 Å². The maximum atomic E-state index is 6.31. The van der Waals surface area contributed by atoms with Crippen LogP contribution in [0.3, 0.4) is 0 Å². The fraction of sp³-hybridized carbons (Fsp3) is 0.706. The van der Waals surface area contributed by atoms with E-state index in [2.05, 4.69) is 37.1 Å². The second-order valence-electron chi connectivity index (χ2n) is 6.96. The Bertz CT molecular complexity index is 501. The summed E-state index contributed by atoms with van der Waals surface area (Å²) in [5, 5.41) is 4.28. The second kappa shape index (κ2) is 6.13. The van der Waals surface area contributed by atoms with Gasteiger partial charge in [0.25, 0.3) is 0 Å². The van der Waals surface area contributed by atoms with Crippen molar-refractivity contribution in [3.8, 4) is 0 Å². The lowest BCUT2D eigenvalue weighted by Gasteiger charge is -2.42. The molecule has 3 nitrogen and oxygen atoms in total. The molecule has 0 radical (unpaired) electrons. The Hall–Kier alpha value is -0.800.